The highest BCUT2D eigenvalue weighted by Gasteiger charge is 2.24. The Balaban J connectivity index is 2.10. The Morgan fingerprint density at radius 2 is 2.10 bits per heavy atom. The number of nitrogens with zero attached hydrogens (tertiary/aromatic N) is 2. The molecule has 1 aliphatic carbocycles. The fourth-order valence-electron chi connectivity index (χ4n) is 2.92. The second-order valence-electron chi connectivity index (χ2n) is 5.54. The first-order valence-electron chi connectivity index (χ1n) is 7.56. The summed E-state index contributed by atoms with van der Waals surface area (Å²) < 4.78 is 1.21. The Labute approximate surface area is 143 Å². The highest BCUT2D eigenvalue weighted by Crippen LogP contribution is 2.38. The van der Waals surface area contributed by atoms with Crippen molar-refractivity contribution >= 4 is 39.7 Å². The number of aryl methyl sites for hydroxylation is 1. The maximum absolute atomic E-state index is 4.95. The van der Waals surface area contributed by atoms with Gasteiger partial charge in [-0.2, -0.15) is 0 Å². The van der Waals surface area contributed by atoms with Crippen LogP contribution in [0.2, 0.25) is 0 Å². The average Bonchev–Trinajstić information content (AvgIpc) is 3.13. The number of rotatable bonds is 4. The fraction of sp³-hybridized carbons (Fsp3) is 0.500. The minimum Gasteiger partial charge on any atom is -0.369 e. The van der Waals surface area contributed by atoms with Crippen LogP contribution in [0.3, 0.4) is 0 Å². The van der Waals surface area contributed by atoms with Crippen molar-refractivity contribution in [1.82, 2.24) is 9.97 Å². The van der Waals surface area contributed by atoms with Crippen LogP contribution < -0.4 is 5.32 Å². The maximum Gasteiger partial charge on any atom is 0.172 e. The van der Waals surface area contributed by atoms with Crippen molar-refractivity contribution in [3.05, 3.63) is 26.3 Å². The highest BCUT2D eigenvalue weighted by molar-refractivity contribution is 14.1. The van der Waals surface area contributed by atoms with E-state index in [1.165, 1.54) is 45.4 Å². The Hall–Kier alpha value is -0.690. The van der Waals surface area contributed by atoms with Gasteiger partial charge in [-0.1, -0.05) is 12.8 Å². The summed E-state index contributed by atoms with van der Waals surface area (Å²) in [6.45, 7) is 5.14. The minimum atomic E-state index is 0.608. The van der Waals surface area contributed by atoms with Gasteiger partial charge < -0.3 is 5.32 Å². The first-order valence-corrected chi connectivity index (χ1v) is 9.52. The molecule has 1 aliphatic rings. The lowest BCUT2D eigenvalue weighted by Gasteiger charge is -2.16. The van der Waals surface area contributed by atoms with E-state index in [0.29, 0.717) is 5.92 Å². The third-order valence-electron chi connectivity index (χ3n) is 4.03. The molecule has 0 unspecified atom stereocenters. The lowest BCUT2D eigenvalue weighted by Crippen LogP contribution is -2.10. The van der Waals surface area contributed by atoms with Crippen LogP contribution in [0.5, 0.6) is 0 Å². The fourth-order valence-corrected chi connectivity index (χ4v) is 4.65. The number of halogens is 1. The molecule has 3 nitrogen and oxygen atoms in total. The van der Waals surface area contributed by atoms with E-state index in [4.69, 9.17) is 9.97 Å². The maximum atomic E-state index is 4.95. The predicted molar refractivity (Wildman–Crippen MR) is 98.2 cm³/mol. The molecule has 0 bridgehead atoms. The highest BCUT2D eigenvalue weighted by atomic mass is 127. The van der Waals surface area contributed by atoms with E-state index in [1.807, 2.05) is 0 Å². The molecule has 2 aromatic rings. The zero-order valence-electron chi connectivity index (χ0n) is 12.4. The van der Waals surface area contributed by atoms with Crippen LogP contribution in [0.1, 0.15) is 49.8 Å². The van der Waals surface area contributed by atoms with Crippen LogP contribution in [0.25, 0.3) is 10.7 Å². The van der Waals surface area contributed by atoms with Crippen LogP contribution in [0.4, 0.5) is 5.82 Å². The van der Waals surface area contributed by atoms with E-state index in [-0.39, 0.29) is 0 Å². The second-order valence-corrected chi connectivity index (χ2v) is 7.53. The van der Waals surface area contributed by atoms with Gasteiger partial charge in [0, 0.05) is 12.5 Å². The summed E-state index contributed by atoms with van der Waals surface area (Å²) in [7, 11) is 0. The summed E-state index contributed by atoms with van der Waals surface area (Å²) in [5.74, 6) is 2.50. The summed E-state index contributed by atoms with van der Waals surface area (Å²) in [4.78, 5) is 10.9. The standard InChI is InChI=1S/C16H20IN3S/c1-3-18-15-12(17)13(11-6-4-5-7-11)19-16(20-15)14-10(2)8-9-21-14/h8-9,11H,3-7H2,1-2H3,(H,18,19,20). The smallest absolute Gasteiger partial charge is 0.172 e. The number of nitrogens with one attached hydrogen (secondary N) is 1. The van der Waals surface area contributed by atoms with Gasteiger partial charge in [-0.3, -0.25) is 0 Å². The topological polar surface area (TPSA) is 37.8 Å². The van der Waals surface area contributed by atoms with E-state index < -0.39 is 0 Å². The van der Waals surface area contributed by atoms with Gasteiger partial charge in [0.2, 0.25) is 0 Å². The molecule has 0 atom stereocenters. The zero-order chi connectivity index (χ0) is 14.8. The minimum absolute atomic E-state index is 0.608. The van der Waals surface area contributed by atoms with Crippen molar-refractivity contribution in [2.45, 2.75) is 45.4 Å². The normalized spacial score (nSPS) is 15.6. The van der Waals surface area contributed by atoms with Crippen molar-refractivity contribution in [3.63, 3.8) is 0 Å². The van der Waals surface area contributed by atoms with Crippen molar-refractivity contribution < 1.29 is 0 Å². The van der Waals surface area contributed by atoms with E-state index in [0.717, 1.165) is 18.2 Å². The first-order chi connectivity index (χ1) is 10.2. The number of aromatic nitrogens is 2. The summed E-state index contributed by atoms with van der Waals surface area (Å²) in [6.07, 6.45) is 5.19. The van der Waals surface area contributed by atoms with Gasteiger partial charge in [0.25, 0.3) is 0 Å². The molecule has 0 radical (unpaired) electrons. The van der Waals surface area contributed by atoms with Crippen LogP contribution in [-0.2, 0) is 0 Å². The van der Waals surface area contributed by atoms with E-state index >= 15 is 0 Å². The van der Waals surface area contributed by atoms with Crippen molar-refractivity contribution in [1.29, 1.82) is 0 Å². The molecule has 2 aromatic heterocycles. The second kappa shape index (κ2) is 6.60. The van der Waals surface area contributed by atoms with Gasteiger partial charge in [-0.05, 0) is 66.3 Å². The summed E-state index contributed by atoms with van der Waals surface area (Å²) in [5, 5.41) is 5.53. The van der Waals surface area contributed by atoms with Crippen molar-refractivity contribution in [2.24, 2.45) is 0 Å². The van der Waals surface area contributed by atoms with Gasteiger partial charge in [0.15, 0.2) is 5.82 Å². The lowest BCUT2D eigenvalue weighted by molar-refractivity contribution is 0.690. The zero-order valence-corrected chi connectivity index (χ0v) is 15.4. The molecule has 1 fully saturated rings. The van der Waals surface area contributed by atoms with Crippen LogP contribution in [0, 0.1) is 10.5 Å². The van der Waals surface area contributed by atoms with Crippen LogP contribution in [-0.4, -0.2) is 16.5 Å². The Morgan fingerprint density at radius 3 is 2.71 bits per heavy atom. The number of hydrogen-bond donors (Lipinski definition) is 1. The molecule has 5 heteroatoms. The number of hydrogen-bond acceptors (Lipinski definition) is 4. The molecule has 0 saturated heterocycles. The van der Waals surface area contributed by atoms with Gasteiger partial charge in [-0.25, -0.2) is 9.97 Å². The first kappa shape index (κ1) is 15.2. The van der Waals surface area contributed by atoms with E-state index in [2.05, 4.69) is 53.2 Å². The Bertz CT molecular complexity index is 632. The van der Waals surface area contributed by atoms with Gasteiger partial charge >= 0.3 is 0 Å². The molecule has 0 spiro atoms. The third kappa shape index (κ3) is 3.08. The summed E-state index contributed by atoms with van der Waals surface area (Å²) in [5.41, 5.74) is 2.52. The SMILES string of the molecule is CCNc1nc(-c2sccc2C)nc(C2CCCC2)c1I. The summed E-state index contributed by atoms with van der Waals surface area (Å²) >= 11 is 4.14. The molecule has 2 heterocycles. The van der Waals surface area contributed by atoms with E-state index in [1.54, 1.807) is 11.3 Å². The lowest BCUT2D eigenvalue weighted by atomic mass is 10.0. The molecule has 0 aromatic carbocycles. The molecular formula is C16H20IN3S. The molecule has 1 N–H and O–H groups in total. The average molecular weight is 413 g/mol. The Morgan fingerprint density at radius 1 is 1.33 bits per heavy atom. The molecule has 21 heavy (non-hydrogen) atoms. The van der Waals surface area contributed by atoms with E-state index in [9.17, 15) is 0 Å². The van der Waals surface area contributed by atoms with Gasteiger partial charge in [-0.15, -0.1) is 11.3 Å². The molecule has 3 rings (SSSR count). The molecule has 1 saturated carbocycles. The summed E-state index contributed by atoms with van der Waals surface area (Å²) in [6, 6.07) is 2.14. The van der Waals surface area contributed by atoms with Crippen LogP contribution in [0.15, 0.2) is 11.4 Å². The van der Waals surface area contributed by atoms with Crippen molar-refractivity contribution in [2.75, 3.05) is 11.9 Å². The molecular weight excluding hydrogens is 393 g/mol. The molecule has 0 amide bonds. The van der Waals surface area contributed by atoms with Gasteiger partial charge in [0.05, 0.1) is 14.1 Å². The number of thiophene rings is 1. The van der Waals surface area contributed by atoms with Crippen molar-refractivity contribution in [3.8, 4) is 10.7 Å². The molecule has 112 valence electrons. The predicted octanol–water partition coefficient (Wildman–Crippen LogP) is 5.21. The van der Waals surface area contributed by atoms with Gasteiger partial charge in [0.1, 0.15) is 5.82 Å². The Kier molecular flexibility index (Phi) is 4.78. The third-order valence-corrected chi connectivity index (χ3v) is 6.10. The monoisotopic (exact) mass is 413 g/mol. The quantitative estimate of drug-likeness (QED) is 0.700. The largest absolute Gasteiger partial charge is 0.369 e. The van der Waals surface area contributed by atoms with Crippen LogP contribution >= 0.6 is 33.9 Å². The number of anilines is 1. The molecule has 0 aliphatic heterocycles.